The molecule has 0 radical (unpaired) electrons. The maximum Gasteiger partial charge on any atom is 0.262 e. The molecule has 0 spiro atoms. The average Bonchev–Trinajstić information content (AvgIpc) is 3.01. The van der Waals surface area contributed by atoms with Crippen LogP contribution >= 0.6 is 0 Å². The van der Waals surface area contributed by atoms with Crippen LogP contribution < -0.4 is 0 Å². The SMILES string of the molecule is O=C1c2ccccc2C(=O)N1C1CCc2cnccc21. The summed E-state index contributed by atoms with van der Waals surface area (Å²) in [5.74, 6) is -0.361. The van der Waals surface area contributed by atoms with Gasteiger partial charge >= 0.3 is 0 Å². The zero-order chi connectivity index (χ0) is 13.7. The zero-order valence-corrected chi connectivity index (χ0v) is 10.7. The Bertz CT molecular complexity index is 704. The van der Waals surface area contributed by atoms with Gasteiger partial charge in [-0.2, -0.15) is 0 Å². The number of benzene rings is 1. The van der Waals surface area contributed by atoms with E-state index in [9.17, 15) is 9.59 Å². The number of hydrogen-bond donors (Lipinski definition) is 0. The van der Waals surface area contributed by atoms with Gasteiger partial charge in [-0.05, 0) is 42.2 Å². The molecule has 1 aliphatic heterocycles. The number of carbonyl (C=O) groups is 2. The maximum absolute atomic E-state index is 12.5. The number of pyridine rings is 1. The molecule has 0 bridgehead atoms. The van der Waals surface area contributed by atoms with Gasteiger partial charge in [0.05, 0.1) is 17.2 Å². The number of carbonyl (C=O) groups excluding carboxylic acids is 2. The van der Waals surface area contributed by atoms with Crippen molar-refractivity contribution in [3.8, 4) is 0 Å². The highest BCUT2D eigenvalue weighted by molar-refractivity contribution is 6.21. The second-order valence-corrected chi connectivity index (χ2v) is 5.15. The van der Waals surface area contributed by atoms with Crippen LogP contribution in [0.4, 0.5) is 0 Å². The van der Waals surface area contributed by atoms with E-state index in [2.05, 4.69) is 4.98 Å². The quantitative estimate of drug-likeness (QED) is 0.743. The Kier molecular flexibility index (Phi) is 2.27. The number of amides is 2. The molecular formula is C16H12N2O2. The van der Waals surface area contributed by atoms with E-state index < -0.39 is 0 Å². The van der Waals surface area contributed by atoms with Crippen LogP contribution in [-0.4, -0.2) is 21.7 Å². The average molecular weight is 264 g/mol. The lowest BCUT2D eigenvalue weighted by Gasteiger charge is -2.22. The van der Waals surface area contributed by atoms with Crippen molar-refractivity contribution < 1.29 is 9.59 Å². The predicted molar refractivity (Wildman–Crippen MR) is 72.2 cm³/mol. The zero-order valence-electron chi connectivity index (χ0n) is 10.7. The van der Waals surface area contributed by atoms with Crippen LogP contribution in [0.1, 0.15) is 44.3 Å². The summed E-state index contributed by atoms with van der Waals surface area (Å²) >= 11 is 0. The Labute approximate surface area is 116 Å². The largest absolute Gasteiger partial charge is 0.269 e. The number of imide groups is 1. The van der Waals surface area contributed by atoms with E-state index in [4.69, 9.17) is 0 Å². The molecule has 1 aromatic carbocycles. The lowest BCUT2D eigenvalue weighted by atomic mass is 10.1. The molecule has 98 valence electrons. The normalized spacial score (nSPS) is 20.2. The highest BCUT2D eigenvalue weighted by Gasteiger charge is 2.42. The van der Waals surface area contributed by atoms with E-state index >= 15 is 0 Å². The van der Waals surface area contributed by atoms with Gasteiger partial charge in [0.15, 0.2) is 0 Å². The molecule has 2 heterocycles. The van der Waals surface area contributed by atoms with Gasteiger partial charge in [0, 0.05) is 12.4 Å². The molecule has 20 heavy (non-hydrogen) atoms. The lowest BCUT2D eigenvalue weighted by Crippen LogP contribution is -2.33. The smallest absolute Gasteiger partial charge is 0.262 e. The molecule has 2 aromatic rings. The van der Waals surface area contributed by atoms with Crippen molar-refractivity contribution in [2.24, 2.45) is 0 Å². The van der Waals surface area contributed by atoms with Crippen LogP contribution in [0.15, 0.2) is 42.7 Å². The first-order valence-electron chi connectivity index (χ1n) is 6.67. The van der Waals surface area contributed by atoms with Crippen molar-refractivity contribution in [2.75, 3.05) is 0 Å². The first-order valence-corrected chi connectivity index (χ1v) is 6.67. The number of hydrogen-bond acceptors (Lipinski definition) is 3. The van der Waals surface area contributed by atoms with Gasteiger partial charge < -0.3 is 0 Å². The fraction of sp³-hybridized carbons (Fsp3) is 0.188. The van der Waals surface area contributed by atoms with Crippen molar-refractivity contribution in [2.45, 2.75) is 18.9 Å². The van der Waals surface area contributed by atoms with Gasteiger partial charge in [0.25, 0.3) is 11.8 Å². The van der Waals surface area contributed by atoms with Crippen molar-refractivity contribution in [3.63, 3.8) is 0 Å². The minimum absolute atomic E-state index is 0.152. The highest BCUT2D eigenvalue weighted by atomic mass is 16.2. The van der Waals surface area contributed by atoms with Gasteiger partial charge in [-0.1, -0.05) is 12.1 Å². The summed E-state index contributed by atoms with van der Waals surface area (Å²) in [4.78, 5) is 30.5. The molecule has 0 saturated carbocycles. The van der Waals surface area contributed by atoms with Crippen LogP contribution in [0.5, 0.6) is 0 Å². The third-order valence-electron chi connectivity index (χ3n) is 4.12. The second-order valence-electron chi connectivity index (χ2n) is 5.15. The maximum atomic E-state index is 12.5. The molecular weight excluding hydrogens is 252 g/mol. The minimum atomic E-state index is -0.180. The number of aromatic nitrogens is 1. The third-order valence-corrected chi connectivity index (χ3v) is 4.12. The summed E-state index contributed by atoms with van der Waals surface area (Å²) in [6, 6.07) is 8.78. The molecule has 4 nitrogen and oxygen atoms in total. The van der Waals surface area contributed by atoms with Crippen LogP contribution in [0.2, 0.25) is 0 Å². The minimum Gasteiger partial charge on any atom is -0.269 e. The van der Waals surface area contributed by atoms with Crippen LogP contribution in [0, 0.1) is 0 Å². The highest BCUT2D eigenvalue weighted by Crippen LogP contribution is 2.39. The Morgan fingerprint density at radius 3 is 2.45 bits per heavy atom. The number of fused-ring (bicyclic) bond motifs is 2. The summed E-state index contributed by atoms with van der Waals surface area (Å²) < 4.78 is 0. The predicted octanol–water partition coefficient (Wildman–Crippen LogP) is 2.37. The summed E-state index contributed by atoms with van der Waals surface area (Å²) in [6.45, 7) is 0. The van der Waals surface area contributed by atoms with E-state index in [1.54, 1.807) is 30.5 Å². The summed E-state index contributed by atoms with van der Waals surface area (Å²) in [6.07, 6.45) is 5.19. The number of nitrogens with zero attached hydrogens (tertiary/aromatic N) is 2. The lowest BCUT2D eigenvalue weighted by molar-refractivity contribution is 0.0582. The fourth-order valence-corrected chi connectivity index (χ4v) is 3.18. The molecule has 0 saturated heterocycles. The molecule has 1 aromatic heterocycles. The second kappa shape index (κ2) is 4.00. The van der Waals surface area contributed by atoms with Crippen molar-refractivity contribution in [1.29, 1.82) is 0 Å². The van der Waals surface area contributed by atoms with E-state index in [0.717, 1.165) is 24.0 Å². The van der Waals surface area contributed by atoms with E-state index in [0.29, 0.717) is 11.1 Å². The molecule has 2 aliphatic rings. The van der Waals surface area contributed by atoms with Gasteiger partial charge in [-0.15, -0.1) is 0 Å². The van der Waals surface area contributed by atoms with Crippen LogP contribution in [0.3, 0.4) is 0 Å². The van der Waals surface area contributed by atoms with Gasteiger partial charge in [0.1, 0.15) is 0 Å². The number of rotatable bonds is 1. The molecule has 0 fully saturated rings. The molecule has 1 atom stereocenters. The monoisotopic (exact) mass is 264 g/mol. The Morgan fingerprint density at radius 1 is 1.05 bits per heavy atom. The Morgan fingerprint density at radius 2 is 1.75 bits per heavy atom. The first-order chi connectivity index (χ1) is 9.77. The molecule has 4 heteroatoms. The number of aryl methyl sites for hydroxylation is 1. The summed E-state index contributed by atoms with van der Waals surface area (Å²) in [7, 11) is 0. The summed E-state index contributed by atoms with van der Waals surface area (Å²) in [5, 5.41) is 0. The Balaban J connectivity index is 1.79. The van der Waals surface area contributed by atoms with Gasteiger partial charge in [0.2, 0.25) is 0 Å². The van der Waals surface area contributed by atoms with Crippen LogP contribution in [0.25, 0.3) is 0 Å². The van der Waals surface area contributed by atoms with Crippen molar-refractivity contribution >= 4 is 11.8 Å². The molecule has 1 aliphatic carbocycles. The van der Waals surface area contributed by atoms with Gasteiger partial charge in [-0.25, -0.2) is 0 Å². The van der Waals surface area contributed by atoms with E-state index in [1.807, 2.05) is 12.3 Å². The van der Waals surface area contributed by atoms with E-state index in [-0.39, 0.29) is 17.9 Å². The van der Waals surface area contributed by atoms with Crippen LogP contribution in [-0.2, 0) is 6.42 Å². The van der Waals surface area contributed by atoms with Gasteiger partial charge in [-0.3, -0.25) is 19.5 Å². The van der Waals surface area contributed by atoms with E-state index in [1.165, 1.54) is 4.90 Å². The summed E-state index contributed by atoms with van der Waals surface area (Å²) in [5.41, 5.74) is 3.21. The first kappa shape index (κ1) is 11.3. The Hall–Kier alpha value is -2.49. The molecule has 2 amide bonds. The van der Waals surface area contributed by atoms with Crippen molar-refractivity contribution in [3.05, 3.63) is 65.0 Å². The standard InChI is InChI=1S/C16H12N2O2/c19-15-12-3-1-2-4-13(12)16(20)18(15)14-6-5-10-9-17-8-7-11(10)14/h1-4,7-9,14H,5-6H2. The molecule has 4 rings (SSSR count). The molecule has 0 N–H and O–H groups in total. The fourth-order valence-electron chi connectivity index (χ4n) is 3.18. The topological polar surface area (TPSA) is 50.3 Å². The van der Waals surface area contributed by atoms with Crippen molar-refractivity contribution in [1.82, 2.24) is 9.88 Å². The third kappa shape index (κ3) is 1.39. The molecule has 1 unspecified atom stereocenters.